The van der Waals surface area contributed by atoms with Gasteiger partial charge in [0.2, 0.25) is 0 Å². The van der Waals surface area contributed by atoms with Crippen molar-refractivity contribution in [1.29, 1.82) is 0 Å². The van der Waals surface area contributed by atoms with Crippen molar-refractivity contribution in [3.8, 4) is 0 Å². The molecule has 0 spiro atoms. The van der Waals surface area contributed by atoms with Crippen molar-refractivity contribution in [1.82, 2.24) is 0 Å². The van der Waals surface area contributed by atoms with E-state index in [4.69, 9.17) is 5.11 Å². The van der Waals surface area contributed by atoms with Crippen LogP contribution in [0.1, 0.15) is 58.6 Å². The molecular formula is C21H31IrN2O2. The van der Waals surface area contributed by atoms with E-state index in [0.717, 1.165) is 6.54 Å². The van der Waals surface area contributed by atoms with Crippen LogP contribution in [0.2, 0.25) is 0 Å². The van der Waals surface area contributed by atoms with Gasteiger partial charge in [0.15, 0.2) is 0 Å². The molecule has 1 aromatic rings. The molecular weight excluding hydrogens is 504 g/mol. The number of hydrogen-bond acceptors (Lipinski definition) is 1. The number of hydrogen-bond donors (Lipinski definition) is 1. The van der Waals surface area contributed by atoms with Gasteiger partial charge in [0.1, 0.15) is 0 Å². The van der Waals surface area contributed by atoms with E-state index in [1.54, 1.807) is 0 Å². The third-order valence-electron chi connectivity index (χ3n) is 5.89. The van der Waals surface area contributed by atoms with Crippen molar-refractivity contribution in [2.45, 2.75) is 65.1 Å². The average Bonchev–Trinajstić information content (AvgIpc) is 2.65. The SMILES string of the molecule is CC1[N-]C(C(=O)O)C(C)C(C)C1C.[Ir+3].[c-]1ccccc1C1CCCC[N-]1. The van der Waals surface area contributed by atoms with E-state index in [-0.39, 0.29) is 32.1 Å². The topological polar surface area (TPSA) is 65.5 Å². The molecule has 1 N–H and O–H groups in total. The quantitative estimate of drug-likeness (QED) is 0.529. The molecule has 2 aliphatic heterocycles. The second kappa shape index (κ2) is 11.2. The Balaban J connectivity index is 0.000000251. The summed E-state index contributed by atoms with van der Waals surface area (Å²) < 4.78 is 0. The minimum atomic E-state index is -0.780. The third-order valence-corrected chi connectivity index (χ3v) is 5.89. The van der Waals surface area contributed by atoms with E-state index in [1.807, 2.05) is 26.0 Å². The van der Waals surface area contributed by atoms with Crippen molar-refractivity contribution in [3.05, 3.63) is 46.5 Å². The molecule has 2 saturated heterocycles. The first-order valence-corrected chi connectivity index (χ1v) is 9.47. The number of carboxylic acid groups (broad SMARTS) is 1. The van der Waals surface area contributed by atoms with E-state index >= 15 is 0 Å². The third kappa shape index (κ3) is 6.16. The number of piperidine rings is 2. The second-order valence-electron chi connectivity index (χ2n) is 7.49. The molecule has 5 heteroatoms. The monoisotopic (exact) mass is 536 g/mol. The zero-order chi connectivity index (χ0) is 18.4. The maximum atomic E-state index is 10.9. The van der Waals surface area contributed by atoms with Crippen molar-refractivity contribution < 1.29 is 30.0 Å². The molecule has 26 heavy (non-hydrogen) atoms. The molecule has 6 unspecified atom stereocenters. The van der Waals surface area contributed by atoms with Crippen LogP contribution in [0.5, 0.6) is 0 Å². The summed E-state index contributed by atoms with van der Waals surface area (Å²) in [6, 6.07) is 11.5. The maximum Gasteiger partial charge on any atom is 3.00 e. The van der Waals surface area contributed by atoms with Gasteiger partial charge in [-0.05, 0) is 17.9 Å². The van der Waals surface area contributed by atoms with Crippen LogP contribution < -0.4 is 0 Å². The van der Waals surface area contributed by atoms with E-state index < -0.39 is 12.0 Å². The van der Waals surface area contributed by atoms with Gasteiger partial charge in [0, 0.05) is 0 Å². The van der Waals surface area contributed by atoms with Crippen LogP contribution in [0, 0.1) is 23.8 Å². The first-order chi connectivity index (χ1) is 11.9. The van der Waals surface area contributed by atoms with E-state index in [0.29, 0.717) is 17.9 Å². The summed E-state index contributed by atoms with van der Waals surface area (Å²) in [6.07, 6.45) is 3.79. The predicted octanol–water partition coefficient (Wildman–Crippen LogP) is 5.21. The molecule has 4 nitrogen and oxygen atoms in total. The Kier molecular flexibility index (Phi) is 10.0. The van der Waals surface area contributed by atoms with Crippen molar-refractivity contribution >= 4 is 5.97 Å². The van der Waals surface area contributed by atoms with Gasteiger partial charge in [-0.25, -0.2) is 0 Å². The van der Waals surface area contributed by atoms with Gasteiger partial charge in [0.25, 0.3) is 5.97 Å². The molecule has 2 aliphatic rings. The molecule has 0 radical (unpaired) electrons. The van der Waals surface area contributed by atoms with Crippen LogP contribution in [0.4, 0.5) is 0 Å². The zero-order valence-corrected chi connectivity index (χ0v) is 18.6. The van der Waals surface area contributed by atoms with Crippen LogP contribution in [0.15, 0.2) is 24.3 Å². The maximum absolute atomic E-state index is 10.9. The minimum absolute atomic E-state index is 0. The van der Waals surface area contributed by atoms with Crippen molar-refractivity contribution in [2.24, 2.45) is 17.8 Å². The summed E-state index contributed by atoms with van der Waals surface area (Å²) in [5.74, 6) is 0.306. The second-order valence-corrected chi connectivity index (χ2v) is 7.49. The molecule has 0 aromatic heterocycles. The number of aliphatic carboxylic acids is 1. The summed E-state index contributed by atoms with van der Waals surface area (Å²) in [5.41, 5.74) is 1.26. The predicted molar refractivity (Wildman–Crippen MR) is 102 cm³/mol. The van der Waals surface area contributed by atoms with Crippen LogP contribution in [0.3, 0.4) is 0 Å². The van der Waals surface area contributed by atoms with Gasteiger partial charge in [-0.1, -0.05) is 52.9 Å². The Morgan fingerprint density at radius 2 is 1.85 bits per heavy atom. The normalized spacial score (nSPS) is 34.0. The van der Waals surface area contributed by atoms with Gasteiger partial charge >= 0.3 is 20.1 Å². The molecule has 2 fully saturated rings. The van der Waals surface area contributed by atoms with Gasteiger partial charge in [-0.2, -0.15) is 35.9 Å². The Bertz CT molecular complexity index is 534. The number of carboxylic acids is 1. The Morgan fingerprint density at radius 3 is 2.38 bits per heavy atom. The fraction of sp³-hybridized carbons (Fsp3) is 0.667. The number of benzene rings is 1. The average molecular weight is 536 g/mol. The molecule has 0 bridgehead atoms. The number of carbonyl (C=O) groups is 1. The van der Waals surface area contributed by atoms with Gasteiger partial charge < -0.3 is 15.7 Å². The summed E-state index contributed by atoms with van der Waals surface area (Å²) in [6.45, 7) is 9.29. The van der Waals surface area contributed by atoms with Gasteiger partial charge in [-0.3, -0.25) is 4.79 Å². The largest absolute Gasteiger partial charge is 3.00 e. The van der Waals surface area contributed by atoms with Crippen LogP contribution >= 0.6 is 0 Å². The summed E-state index contributed by atoms with van der Waals surface area (Å²) in [7, 11) is 0. The summed E-state index contributed by atoms with van der Waals surface area (Å²) >= 11 is 0. The van der Waals surface area contributed by atoms with Crippen LogP contribution in [-0.4, -0.2) is 29.7 Å². The van der Waals surface area contributed by atoms with Crippen LogP contribution in [0.25, 0.3) is 10.6 Å². The van der Waals surface area contributed by atoms with E-state index in [2.05, 4.69) is 42.7 Å². The minimum Gasteiger partial charge on any atom is -0.657 e. The summed E-state index contributed by atoms with van der Waals surface area (Å²) in [4.78, 5) is 10.9. The molecule has 2 heterocycles. The Hall–Kier alpha value is -0.741. The molecule has 0 aliphatic carbocycles. The van der Waals surface area contributed by atoms with E-state index in [1.165, 1.54) is 24.8 Å². The first kappa shape index (κ1) is 23.3. The van der Waals surface area contributed by atoms with E-state index in [9.17, 15) is 4.79 Å². The number of rotatable bonds is 2. The summed E-state index contributed by atoms with van der Waals surface area (Å²) in [5, 5.41) is 17.8. The fourth-order valence-electron chi connectivity index (χ4n) is 3.68. The zero-order valence-electron chi connectivity index (χ0n) is 16.2. The van der Waals surface area contributed by atoms with Gasteiger partial charge in [-0.15, -0.1) is 18.6 Å². The molecule has 6 atom stereocenters. The molecule has 146 valence electrons. The molecule has 0 amide bonds. The molecule has 0 saturated carbocycles. The van der Waals surface area contributed by atoms with Crippen LogP contribution in [-0.2, 0) is 24.9 Å². The van der Waals surface area contributed by atoms with Crippen molar-refractivity contribution in [2.75, 3.05) is 6.54 Å². The first-order valence-electron chi connectivity index (χ1n) is 9.47. The van der Waals surface area contributed by atoms with Crippen molar-refractivity contribution in [3.63, 3.8) is 0 Å². The number of nitrogens with zero attached hydrogens (tertiary/aromatic N) is 2. The Morgan fingerprint density at radius 1 is 1.12 bits per heavy atom. The Labute approximate surface area is 171 Å². The fourth-order valence-corrected chi connectivity index (χ4v) is 3.68. The van der Waals surface area contributed by atoms with Gasteiger partial charge in [0.05, 0.1) is 0 Å². The smallest absolute Gasteiger partial charge is 0.657 e. The standard InChI is InChI=1S/C11H13N.C10H18NO2.Ir/c1-2-6-10(7-3-1)11-8-4-5-9-12-11;1-5-6(2)8(4)11-9(7(5)3)10(12)13;/h1-3,6,11H,4-5,8-9H2;5-9H,1-4H3,(H,12,13);/q-2;-1;+3. The molecule has 1 aromatic carbocycles. The molecule has 3 rings (SSSR count).